The van der Waals surface area contributed by atoms with Gasteiger partial charge >= 0.3 is 0 Å². The molecule has 1 aromatic carbocycles. The maximum absolute atomic E-state index is 12.6. The van der Waals surface area contributed by atoms with Crippen LogP contribution in [0.25, 0.3) is 0 Å². The van der Waals surface area contributed by atoms with Gasteiger partial charge in [-0.3, -0.25) is 9.59 Å². The van der Waals surface area contributed by atoms with Gasteiger partial charge in [0, 0.05) is 19.5 Å². The van der Waals surface area contributed by atoms with E-state index < -0.39 is 5.91 Å². The summed E-state index contributed by atoms with van der Waals surface area (Å²) < 4.78 is 5.17. The van der Waals surface area contributed by atoms with E-state index in [9.17, 15) is 9.59 Å². The Balaban J connectivity index is 2.17. The minimum atomic E-state index is -0.426. The lowest BCUT2D eigenvalue weighted by Gasteiger charge is -2.22. The molecule has 5 heteroatoms. The number of nitrogens with zero attached hydrogens (tertiary/aromatic N) is 1. The highest BCUT2D eigenvalue weighted by molar-refractivity contribution is 5.95. The van der Waals surface area contributed by atoms with Gasteiger partial charge in [-0.05, 0) is 18.6 Å². The van der Waals surface area contributed by atoms with Crippen molar-refractivity contribution in [2.24, 2.45) is 5.73 Å². The van der Waals surface area contributed by atoms with Gasteiger partial charge in [-0.1, -0.05) is 30.3 Å². The summed E-state index contributed by atoms with van der Waals surface area (Å²) in [5.74, 6) is -0.0201. The topological polar surface area (TPSA) is 76.5 Å². The van der Waals surface area contributed by atoms with E-state index in [0.717, 1.165) is 5.56 Å². The third-order valence-electron chi connectivity index (χ3n) is 3.22. The van der Waals surface area contributed by atoms with Gasteiger partial charge < -0.3 is 15.1 Å². The minimum absolute atomic E-state index is 0.134. The summed E-state index contributed by atoms with van der Waals surface area (Å²) in [7, 11) is 0. The van der Waals surface area contributed by atoms with Crippen LogP contribution in [-0.2, 0) is 11.3 Å². The van der Waals surface area contributed by atoms with Crippen LogP contribution in [0.2, 0.25) is 0 Å². The third kappa shape index (κ3) is 3.95. The number of hydrogen-bond acceptors (Lipinski definition) is 3. The molecule has 2 rings (SSSR count). The van der Waals surface area contributed by atoms with Crippen LogP contribution >= 0.6 is 0 Å². The summed E-state index contributed by atoms with van der Waals surface area (Å²) in [5.41, 5.74) is 6.69. The molecule has 0 aliphatic heterocycles. The Morgan fingerprint density at radius 1 is 1.19 bits per heavy atom. The summed E-state index contributed by atoms with van der Waals surface area (Å²) >= 11 is 0. The third-order valence-corrected chi connectivity index (χ3v) is 3.22. The van der Waals surface area contributed by atoms with Gasteiger partial charge in [-0.25, -0.2) is 0 Å². The van der Waals surface area contributed by atoms with Crippen molar-refractivity contribution in [3.8, 4) is 0 Å². The van der Waals surface area contributed by atoms with E-state index >= 15 is 0 Å². The molecule has 21 heavy (non-hydrogen) atoms. The molecule has 0 radical (unpaired) electrons. The molecule has 0 fully saturated rings. The van der Waals surface area contributed by atoms with Crippen LogP contribution in [0.5, 0.6) is 0 Å². The summed E-state index contributed by atoms with van der Waals surface area (Å²) in [6, 6.07) is 11.3. The molecule has 110 valence electrons. The van der Waals surface area contributed by atoms with E-state index in [1.165, 1.54) is 6.26 Å². The number of nitrogens with two attached hydrogens (primary N) is 1. The average Bonchev–Trinajstić information content (AvgIpc) is 2.90. The van der Waals surface area contributed by atoms with Crippen LogP contribution in [0.4, 0.5) is 0 Å². The molecule has 0 spiro atoms. The second kappa shape index (κ2) is 6.74. The lowest BCUT2D eigenvalue weighted by molar-refractivity contribution is -0.118. The monoisotopic (exact) mass is 286 g/mol. The lowest BCUT2D eigenvalue weighted by Crippen LogP contribution is -2.33. The number of amides is 2. The molecule has 1 heterocycles. The quantitative estimate of drug-likeness (QED) is 0.883. The average molecular weight is 286 g/mol. The Morgan fingerprint density at radius 3 is 2.48 bits per heavy atom. The van der Waals surface area contributed by atoms with Gasteiger partial charge in [0.25, 0.3) is 5.91 Å². The molecular weight excluding hydrogens is 268 g/mol. The second-order valence-corrected chi connectivity index (χ2v) is 4.82. The summed E-state index contributed by atoms with van der Waals surface area (Å²) in [4.78, 5) is 25.2. The van der Waals surface area contributed by atoms with Crippen molar-refractivity contribution in [2.45, 2.75) is 19.9 Å². The number of carbonyl (C=O) groups is 2. The molecule has 0 atom stereocenters. The Labute approximate surface area is 123 Å². The molecule has 5 nitrogen and oxygen atoms in total. The van der Waals surface area contributed by atoms with Gasteiger partial charge in [0.15, 0.2) is 0 Å². The summed E-state index contributed by atoms with van der Waals surface area (Å²) in [6.45, 7) is 2.45. The molecule has 1 aromatic heterocycles. The Hall–Kier alpha value is -2.56. The number of primary amides is 1. The van der Waals surface area contributed by atoms with Crippen LogP contribution in [0.1, 0.15) is 28.1 Å². The van der Waals surface area contributed by atoms with Crippen LogP contribution < -0.4 is 5.73 Å². The fraction of sp³-hybridized carbons (Fsp3) is 0.250. The van der Waals surface area contributed by atoms with Crippen molar-refractivity contribution < 1.29 is 14.0 Å². The van der Waals surface area contributed by atoms with E-state index in [2.05, 4.69) is 0 Å². The number of benzene rings is 1. The smallest absolute Gasteiger partial charge is 0.257 e. The standard InChI is InChI=1S/C16H18N2O3/c1-12-14(8-10-21-12)16(20)18(9-7-15(17)19)11-13-5-3-2-4-6-13/h2-6,8,10H,7,9,11H2,1H3,(H2,17,19). The molecule has 2 aromatic rings. The number of aryl methyl sites for hydroxylation is 1. The summed E-state index contributed by atoms with van der Waals surface area (Å²) in [6.07, 6.45) is 1.62. The van der Waals surface area contributed by atoms with Crippen molar-refractivity contribution in [2.75, 3.05) is 6.54 Å². The van der Waals surface area contributed by atoms with Crippen molar-refractivity contribution in [3.63, 3.8) is 0 Å². The Kier molecular flexibility index (Phi) is 4.77. The molecule has 0 unspecified atom stereocenters. The first kappa shape index (κ1) is 14.8. The molecule has 0 aliphatic rings. The molecule has 0 aliphatic carbocycles. The van der Waals surface area contributed by atoms with Gasteiger partial charge in [0.2, 0.25) is 5.91 Å². The Morgan fingerprint density at radius 2 is 1.90 bits per heavy atom. The van der Waals surface area contributed by atoms with E-state index in [4.69, 9.17) is 10.2 Å². The molecule has 0 saturated heterocycles. The van der Waals surface area contributed by atoms with Crippen molar-refractivity contribution >= 4 is 11.8 Å². The van der Waals surface area contributed by atoms with E-state index in [1.807, 2.05) is 30.3 Å². The highest BCUT2D eigenvalue weighted by Crippen LogP contribution is 2.15. The largest absolute Gasteiger partial charge is 0.469 e. The van der Waals surface area contributed by atoms with Crippen LogP contribution in [0.15, 0.2) is 47.1 Å². The first-order valence-electron chi connectivity index (χ1n) is 6.73. The van der Waals surface area contributed by atoms with Crippen LogP contribution in [0.3, 0.4) is 0 Å². The zero-order valence-corrected chi connectivity index (χ0v) is 11.9. The zero-order chi connectivity index (χ0) is 15.2. The molecule has 2 amide bonds. The number of rotatable bonds is 6. The number of furan rings is 1. The Bertz CT molecular complexity index is 619. The van der Waals surface area contributed by atoms with E-state index in [-0.39, 0.29) is 18.9 Å². The van der Waals surface area contributed by atoms with Crippen molar-refractivity contribution in [3.05, 3.63) is 59.5 Å². The summed E-state index contributed by atoms with van der Waals surface area (Å²) in [5, 5.41) is 0. The first-order chi connectivity index (χ1) is 10.1. The fourth-order valence-electron chi connectivity index (χ4n) is 2.08. The highest BCUT2D eigenvalue weighted by atomic mass is 16.3. The van der Waals surface area contributed by atoms with Crippen LogP contribution in [-0.4, -0.2) is 23.3 Å². The molecule has 0 bridgehead atoms. The minimum Gasteiger partial charge on any atom is -0.469 e. The SMILES string of the molecule is Cc1occc1C(=O)N(CCC(N)=O)Cc1ccccc1. The van der Waals surface area contributed by atoms with Gasteiger partial charge in [0.1, 0.15) is 5.76 Å². The van der Waals surface area contributed by atoms with E-state index in [0.29, 0.717) is 17.9 Å². The van der Waals surface area contributed by atoms with Crippen LogP contribution in [0, 0.1) is 6.92 Å². The predicted octanol–water partition coefficient (Wildman–Crippen LogP) is 2.11. The second-order valence-electron chi connectivity index (χ2n) is 4.82. The number of carbonyl (C=O) groups excluding carboxylic acids is 2. The zero-order valence-electron chi connectivity index (χ0n) is 11.9. The normalized spacial score (nSPS) is 10.3. The van der Waals surface area contributed by atoms with E-state index in [1.54, 1.807) is 17.9 Å². The highest BCUT2D eigenvalue weighted by Gasteiger charge is 2.20. The maximum Gasteiger partial charge on any atom is 0.257 e. The fourth-order valence-corrected chi connectivity index (χ4v) is 2.08. The molecule has 0 saturated carbocycles. The first-order valence-corrected chi connectivity index (χ1v) is 6.73. The van der Waals surface area contributed by atoms with Gasteiger partial charge in [-0.2, -0.15) is 0 Å². The van der Waals surface area contributed by atoms with Crippen molar-refractivity contribution in [1.29, 1.82) is 0 Å². The van der Waals surface area contributed by atoms with Gasteiger partial charge in [-0.15, -0.1) is 0 Å². The van der Waals surface area contributed by atoms with Crippen molar-refractivity contribution in [1.82, 2.24) is 4.90 Å². The number of hydrogen-bond donors (Lipinski definition) is 1. The maximum atomic E-state index is 12.6. The lowest BCUT2D eigenvalue weighted by atomic mass is 10.1. The molecular formula is C16H18N2O3. The molecule has 2 N–H and O–H groups in total. The predicted molar refractivity (Wildman–Crippen MR) is 78.4 cm³/mol. The van der Waals surface area contributed by atoms with Gasteiger partial charge in [0.05, 0.1) is 11.8 Å².